The van der Waals surface area contributed by atoms with Crippen LogP contribution in [0, 0.1) is 13.8 Å². The van der Waals surface area contributed by atoms with Crippen molar-refractivity contribution in [3.8, 4) is 5.88 Å². The zero-order valence-corrected chi connectivity index (χ0v) is 16.7. The number of hydrogen-bond donors (Lipinski definition) is 1. The molecule has 1 N–H and O–H groups in total. The van der Waals surface area contributed by atoms with E-state index in [9.17, 15) is 4.79 Å². The van der Waals surface area contributed by atoms with Gasteiger partial charge in [0.25, 0.3) is 0 Å². The van der Waals surface area contributed by atoms with Gasteiger partial charge in [-0.15, -0.1) is 0 Å². The molecule has 0 saturated heterocycles. The number of ether oxygens (including phenoxy) is 1. The average Bonchev–Trinajstić information content (AvgIpc) is 2.69. The molecule has 4 nitrogen and oxygen atoms in total. The lowest BCUT2D eigenvalue weighted by atomic mass is 9.68. The van der Waals surface area contributed by atoms with Crippen LogP contribution >= 0.6 is 0 Å². The van der Waals surface area contributed by atoms with Crippen LogP contribution in [0.3, 0.4) is 0 Å². The molecule has 2 aromatic rings. The predicted octanol–water partition coefficient (Wildman–Crippen LogP) is 5.33. The minimum atomic E-state index is -0.449. The molecule has 0 bridgehead atoms. The lowest BCUT2D eigenvalue weighted by Gasteiger charge is -2.36. The molecule has 1 amide bonds. The number of aromatic nitrogens is 1. The van der Waals surface area contributed by atoms with Gasteiger partial charge in [-0.1, -0.05) is 56.0 Å². The number of benzene rings is 1. The van der Waals surface area contributed by atoms with Gasteiger partial charge in [0, 0.05) is 6.07 Å². The van der Waals surface area contributed by atoms with Crippen molar-refractivity contribution in [2.24, 2.45) is 0 Å². The summed E-state index contributed by atoms with van der Waals surface area (Å²) in [6, 6.07) is 12.2. The van der Waals surface area contributed by atoms with Crippen LogP contribution in [0.15, 0.2) is 36.4 Å². The summed E-state index contributed by atoms with van der Waals surface area (Å²) in [5.41, 5.74) is 3.44. The van der Waals surface area contributed by atoms with Gasteiger partial charge in [-0.2, -0.15) is 0 Å². The third-order valence-electron chi connectivity index (χ3n) is 5.51. The third-order valence-corrected chi connectivity index (χ3v) is 5.51. The van der Waals surface area contributed by atoms with Gasteiger partial charge < -0.3 is 10.1 Å². The summed E-state index contributed by atoms with van der Waals surface area (Å²) in [5.74, 6) is 0.691. The first kappa shape index (κ1) is 19.4. The van der Waals surface area contributed by atoms with E-state index in [4.69, 9.17) is 4.74 Å². The molecule has 4 heteroatoms. The van der Waals surface area contributed by atoms with Gasteiger partial charge in [0.15, 0.2) is 0 Å². The summed E-state index contributed by atoms with van der Waals surface area (Å²) in [7, 11) is 0. The van der Waals surface area contributed by atoms with Gasteiger partial charge in [0.05, 0.1) is 23.4 Å². The molecule has 1 aliphatic rings. The lowest BCUT2D eigenvalue weighted by Crippen LogP contribution is -2.42. The van der Waals surface area contributed by atoms with Gasteiger partial charge in [-0.3, -0.25) is 4.79 Å². The first-order valence-electron chi connectivity index (χ1n) is 10.0. The summed E-state index contributed by atoms with van der Waals surface area (Å²) in [6.45, 7) is 6.70. The van der Waals surface area contributed by atoms with Crippen LogP contribution in [-0.4, -0.2) is 17.5 Å². The highest BCUT2D eigenvalue weighted by molar-refractivity contribution is 5.99. The highest BCUT2D eigenvalue weighted by atomic mass is 16.5. The summed E-state index contributed by atoms with van der Waals surface area (Å²) in [5, 5.41) is 3.16. The predicted molar refractivity (Wildman–Crippen MR) is 109 cm³/mol. The van der Waals surface area contributed by atoms with Crippen molar-refractivity contribution in [2.45, 2.75) is 64.7 Å². The Balaban J connectivity index is 1.84. The zero-order valence-electron chi connectivity index (χ0n) is 16.7. The van der Waals surface area contributed by atoms with E-state index in [-0.39, 0.29) is 5.91 Å². The van der Waals surface area contributed by atoms with Crippen molar-refractivity contribution in [1.29, 1.82) is 0 Å². The van der Waals surface area contributed by atoms with Gasteiger partial charge >= 0.3 is 0 Å². The maximum atomic E-state index is 13.4. The molecule has 0 radical (unpaired) electrons. The number of carbonyl (C=O) groups excluding carboxylic acids is 1. The van der Waals surface area contributed by atoms with E-state index < -0.39 is 5.41 Å². The molecule has 1 heterocycles. The highest BCUT2D eigenvalue weighted by Crippen LogP contribution is 2.40. The second kappa shape index (κ2) is 8.55. The van der Waals surface area contributed by atoms with E-state index in [2.05, 4.69) is 48.4 Å². The first-order valence-corrected chi connectivity index (χ1v) is 10.0. The molecule has 1 aromatic heterocycles. The van der Waals surface area contributed by atoms with Crippen LogP contribution < -0.4 is 10.1 Å². The van der Waals surface area contributed by atoms with Crippen molar-refractivity contribution in [2.75, 3.05) is 11.9 Å². The Hall–Kier alpha value is -2.36. The van der Waals surface area contributed by atoms with Crippen LogP contribution in [0.25, 0.3) is 0 Å². The fourth-order valence-electron chi connectivity index (χ4n) is 3.87. The number of anilines is 1. The van der Waals surface area contributed by atoms with Crippen molar-refractivity contribution < 1.29 is 9.53 Å². The Bertz CT molecular complexity index is 777. The number of carbonyl (C=O) groups is 1. The van der Waals surface area contributed by atoms with Gasteiger partial charge in [-0.05, 0) is 44.7 Å². The Morgan fingerprint density at radius 3 is 2.41 bits per heavy atom. The van der Waals surface area contributed by atoms with E-state index in [0.29, 0.717) is 12.5 Å². The van der Waals surface area contributed by atoms with Crippen molar-refractivity contribution >= 4 is 11.6 Å². The number of nitrogens with one attached hydrogen (secondary N) is 1. The Labute approximate surface area is 162 Å². The number of nitrogens with zero attached hydrogens (tertiary/aromatic N) is 1. The molecule has 3 rings (SSSR count). The molecule has 1 fully saturated rings. The molecule has 0 atom stereocenters. The Morgan fingerprint density at radius 1 is 1.07 bits per heavy atom. The normalized spacial score (nSPS) is 16.0. The fourth-order valence-corrected chi connectivity index (χ4v) is 3.87. The van der Waals surface area contributed by atoms with E-state index in [1.54, 1.807) is 0 Å². The number of aryl methyl sites for hydroxylation is 2. The minimum Gasteiger partial charge on any atom is -0.478 e. The quantitative estimate of drug-likeness (QED) is 0.752. The molecule has 0 aliphatic heterocycles. The second-order valence-corrected chi connectivity index (χ2v) is 7.59. The van der Waals surface area contributed by atoms with Crippen molar-refractivity contribution in [3.05, 3.63) is 53.2 Å². The topological polar surface area (TPSA) is 51.2 Å². The van der Waals surface area contributed by atoms with Gasteiger partial charge in [0.2, 0.25) is 11.8 Å². The number of pyridine rings is 1. The molecular formula is C23H30N2O2. The molecule has 144 valence electrons. The van der Waals surface area contributed by atoms with Crippen LogP contribution in [-0.2, 0) is 10.2 Å². The highest BCUT2D eigenvalue weighted by Gasteiger charge is 2.41. The molecule has 1 aromatic carbocycles. The molecule has 1 aliphatic carbocycles. The maximum Gasteiger partial charge on any atom is 0.235 e. The zero-order chi connectivity index (χ0) is 19.3. The summed E-state index contributed by atoms with van der Waals surface area (Å²) < 4.78 is 5.59. The second-order valence-electron chi connectivity index (χ2n) is 7.59. The summed E-state index contributed by atoms with van der Waals surface area (Å²) >= 11 is 0. The van der Waals surface area contributed by atoms with Gasteiger partial charge in [-0.25, -0.2) is 4.98 Å². The Morgan fingerprint density at radius 2 is 1.78 bits per heavy atom. The molecule has 27 heavy (non-hydrogen) atoms. The minimum absolute atomic E-state index is 0.0816. The molecule has 1 saturated carbocycles. The summed E-state index contributed by atoms with van der Waals surface area (Å²) in [6.07, 6.45) is 6.10. The largest absolute Gasteiger partial charge is 0.478 e. The standard InChI is InChI=1S/C23H30N2O2/c1-4-16-27-21-13-12-20(18(3)24-21)25-22(26)23(14-6-5-7-15-23)19-10-8-17(2)9-11-19/h8-13H,4-7,14-16H2,1-3H3,(H,25,26). The van der Waals surface area contributed by atoms with E-state index in [0.717, 1.165) is 49.0 Å². The molecular weight excluding hydrogens is 336 g/mol. The monoisotopic (exact) mass is 366 g/mol. The van der Waals surface area contributed by atoms with Crippen molar-refractivity contribution in [3.63, 3.8) is 0 Å². The lowest BCUT2D eigenvalue weighted by molar-refractivity contribution is -0.122. The number of amides is 1. The van der Waals surface area contributed by atoms with E-state index >= 15 is 0 Å². The maximum absolute atomic E-state index is 13.4. The Kier molecular flexibility index (Phi) is 6.15. The van der Waals surface area contributed by atoms with Crippen molar-refractivity contribution in [1.82, 2.24) is 4.98 Å². The first-order chi connectivity index (χ1) is 13.0. The van der Waals surface area contributed by atoms with Crippen LogP contribution in [0.5, 0.6) is 5.88 Å². The van der Waals surface area contributed by atoms with Crippen LogP contribution in [0.4, 0.5) is 5.69 Å². The molecule has 0 spiro atoms. The fraction of sp³-hybridized carbons (Fsp3) is 0.478. The van der Waals surface area contributed by atoms with E-state index in [1.165, 1.54) is 12.0 Å². The SMILES string of the molecule is CCCOc1ccc(NC(=O)C2(c3ccc(C)cc3)CCCCC2)c(C)n1. The smallest absolute Gasteiger partial charge is 0.235 e. The number of rotatable bonds is 6. The summed E-state index contributed by atoms with van der Waals surface area (Å²) in [4.78, 5) is 17.9. The van der Waals surface area contributed by atoms with Crippen LogP contribution in [0.2, 0.25) is 0 Å². The third kappa shape index (κ3) is 4.32. The molecule has 0 unspecified atom stereocenters. The average molecular weight is 367 g/mol. The van der Waals surface area contributed by atoms with E-state index in [1.807, 2.05) is 19.1 Å². The van der Waals surface area contributed by atoms with Crippen LogP contribution in [0.1, 0.15) is 62.3 Å². The van der Waals surface area contributed by atoms with Gasteiger partial charge in [0.1, 0.15) is 0 Å². The number of hydrogen-bond acceptors (Lipinski definition) is 3.